The quantitative estimate of drug-likeness (QED) is 0.409. The van der Waals surface area contributed by atoms with Crippen molar-refractivity contribution >= 4 is 33.5 Å². The standard InChI is InChI=1S/C18H16.C8H6O4/c1-3-7-15-13(5-1)9-11-18-16-8-4-2-6-14(16)10-12-17(15)18;9-7(10)5-3-1-2-4-6(5)8(11)12/h1,3,5,7,9-12H,2,4,6,8H2;1-4H,(H,9,10)(H,11,12). The number of hydrogen-bond donors (Lipinski definition) is 2. The molecule has 5 rings (SSSR count). The summed E-state index contributed by atoms with van der Waals surface area (Å²) in [6.45, 7) is 0. The summed E-state index contributed by atoms with van der Waals surface area (Å²) in [5.41, 5.74) is 2.79. The van der Waals surface area contributed by atoms with Gasteiger partial charge < -0.3 is 10.2 Å². The highest BCUT2D eigenvalue weighted by Gasteiger charge is 2.14. The molecule has 0 heterocycles. The molecule has 0 unspecified atom stereocenters. The van der Waals surface area contributed by atoms with Gasteiger partial charge in [0.25, 0.3) is 0 Å². The molecule has 0 bridgehead atoms. The van der Waals surface area contributed by atoms with Crippen LogP contribution in [0, 0.1) is 0 Å². The second-order valence-corrected chi connectivity index (χ2v) is 7.45. The zero-order chi connectivity index (χ0) is 21.1. The van der Waals surface area contributed by atoms with E-state index < -0.39 is 11.9 Å². The molecular weight excluding hydrogens is 376 g/mol. The second kappa shape index (κ2) is 8.37. The number of fused-ring (bicyclic) bond motifs is 5. The van der Waals surface area contributed by atoms with Crippen LogP contribution in [0.2, 0.25) is 0 Å². The number of carboxylic acids is 2. The molecule has 2 N–H and O–H groups in total. The molecule has 0 atom stereocenters. The van der Waals surface area contributed by atoms with Crippen LogP contribution < -0.4 is 0 Å². The number of aryl methyl sites for hydroxylation is 2. The second-order valence-electron chi connectivity index (χ2n) is 7.45. The molecule has 4 nitrogen and oxygen atoms in total. The number of benzene rings is 4. The van der Waals surface area contributed by atoms with Crippen LogP contribution in [0.15, 0.2) is 72.8 Å². The summed E-state index contributed by atoms with van der Waals surface area (Å²) >= 11 is 0. The Hall–Kier alpha value is -3.66. The first-order chi connectivity index (χ1) is 14.6. The van der Waals surface area contributed by atoms with Gasteiger partial charge in [0.1, 0.15) is 0 Å². The van der Waals surface area contributed by atoms with Gasteiger partial charge in [-0.05, 0) is 70.5 Å². The van der Waals surface area contributed by atoms with E-state index in [0.29, 0.717) is 0 Å². The van der Waals surface area contributed by atoms with Crippen molar-refractivity contribution in [3.8, 4) is 0 Å². The third kappa shape index (κ3) is 3.77. The van der Waals surface area contributed by atoms with Crippen molar-refractivity contribution in [1.29, 1.82) is 0 Å². The minimum atomic E-state index is -1.23. The Morgan fingerprint density at radius 1 is 0.600 bits per heavy atom. The van der Waals surface area contributed by atoms with E-state index >= 15 is 0 Å². The van der Waals surface area contributed by atoms with Gasteiger partial charge in [-0.15, -0.1) is 0 Å². The van der Waals surface area contributed by atoms with Gasteiger partial charge in [-0.3, -0.25) is 0 Å². The first kappa shape index (κ1) is 19.6. The molecule has 4 heteroatoms. The lowest BCUT2D eigenvalue weighted by atomic mass is 9.86. The topological polar surface area (TPSA) is 74.6 Å². The molecular formula is C26H22O4. The van der Waals surface area contributed by atoms with Crippen molar-refractivity contribution in [2.24, 2.45) is 0 Å². The van der Waals surface area contributed by atoms with E-state index in [2.05, 4.69) is 48.5 Å². The van der Waals surface area contributed by atoms with E-state index in [-0.39, 0.29) is 11.1 Å². The number of aromatic carboxylic acids is 2. The molecule has 0 aliphatic heterocycles. The fraction of sp³-hybridized carbons (Fsp3) is 0.154. The molecule has 0 fully saturated rings. The summed E-state index contributed by atoms with van der Waals surface area (Å²) < 4.78 is 0. The number of carboxylic acid groups (broad SMARTS) is 2. The van der Waals surface area contributed by atoms with Gasteiger partial charge >= 0.3 is 11.9 Å². The van der Waals surface area contributed by atoms with E-state index in [1.807, 2.05) is 0 Å². The van der Waals surface area contributed by atoms with E-state index in [1.165, 1.54) is 71.5 Å². The van der Waals surface area contributed by atoms with Crippen molar-refractivity contribution in [3.63, 3.8) is 0 Å². The Kier molecular flexibility index (Phi) is 5.48. The maximum Gasteiger partial charge on any atom is 0.336 e. The lowest BCUT2D eigenvalue weighted by Crippen LogP contribution is -2.06. The number of hydrogen-bond acceptors (Lipinski definition) is 2. The molecule has 4 aromatic carbocycles. The average molecular weight is 398 g/mol. The monoisotopic (exact) mass is 398 g/mol. The van der Waals surface area contributed by atoms with Crippen LogP contribution >= 0.6 is 0 Å². The molecule has 0 amide bonds. The maximum absolute atomic E-state index is 10.5. The molecule has 0 radical (unpaired) electrons. The molecule has 1 aliphatic rings. The third-order valence-electron chi connectivity index (χ3n) is 5.65. The average Bonchev–Trinajstić information content (AvgIpc) is 2.79. The summed E-state index contributed by atoms with van der Waals surface area (Å²) in [6, 6.07) is 23.4. The Morgan fingerprint density at radius 3 is 1.90 bits per heavy atom. The lowest BCUT2D eigenvalue weighted by molar-refractivity contribution is 0.0651. The van der Waals surface area contributed by atoms with E-state index in [9.17, 15) is 9.59 Å². The Bertz CT molecular complexity index is 1220. The Morgan fingerprint density at radius 2 is 1.20 bits per heavy atom. The fourth-order valence-corrected chi connectivity index (χ4v) is 4.20. The highest BCUT2D eigenvalue weighted by molar-refractivity contribution is 6.08. The smallest absolute Gasteiger partial charge is 0.336 e. The molecule has 4 aromatic rings. The van der Waals surface area contributed by atoms with Gasteiger partial charge in [0.2, 0.25) is 0 Å². The molecule has 1 aliphatic carbocycles. The zero-order valence-electron chi connectivity index (χ0n) is 16.5. The van der Waals surface area contributed by atoms with Crippen LogP contribution in [-0.2, 0) is 12.8 Å². The van der Waals surface area contributed by atoms with Gasteiger partial charge in [-0.1, -0.05) is 60.7 Å². The van der Waals surface area contributed by atoms with Crippen molar-refractivity contribution in [1.82, 2.24) is 0 Å². The fourth-order valence-electron chi connectivity index (χ4n) is 4.20. The summed E-state index contributed by atoms with van der Waals surface area (Å²) in [4.78, 5) is 20.9. The minimum Gasteiger partial charge on any atom is -0.478 e. The van der Waals surface area contributed by atoms with Crippen molar-refractivity contribution in [2.45, 2.75) is 25.7 Å². The van der Waals surface area contributed by atoms with Crippen LogP contribution in [0.5, 0.6) is 0 Å². The normalized spacial score (nSPS) is 12.7. The van der Waals surface area contributed by atoms with Crippen LogP contribution in [0.4, 0.5) is 0 Å². The highest BCUT2D eigenvalue weighted by Crippen LogP contribution is 2.33. The Balaban J connectivity index is 0.000000159. The van der Waals surface area contributed by atoms with Gasteiger partial charge in [-0.25, -0.2) is 9.59 Å². The van der Waals surface area contributed by atoms with Gasteiger partial charge in [0.15, 0.2) is 0 Å². The lowest BCUT2D eigenvalue weighted by Gasteiger charge is -2.18. The molecule has 0 aromatic heterocycles. The minimum absolute atomic E-state index is 0.190. The van der Waals surface area contributed by atoms with Gasteiger partial charge in [0, 0.05) is 0 Å². The summed E-state index contributed by atoms with van der Waals surface area (Å²) in [5, 5.41) is 22.7. The molecule has 0 saturated heterocycles. The van der Waals surface area contributed by atoms with E-state index in [1.54, 1.807) is 11.1 Å². The van der Waals surface area contributed by atoms with Crippen LogP contribution in [0.1, 0.15) is 44.7 Å². The highest BCUT2D eigenvalue weighted by atomic mass is 16.4. The first-order valence-corrected chi connectivity index (χ1v) is 10.0. The summed E-state index contributed by atoms with van der Waals surface area (Å²) in [6.07, 6.45) is 5.22. The number of carbonyl (C=O) groups is 2. The zero-order valence-corrected chi connectivity index (χ0v) is 16.5. The Labute approximate surface area is 174 Å². The molecule has 0 spiro atoms. The van der Waals surface area contributed by atoms with E-state index in [4.69, 9.17) is 10.2 Å². The van der Waals surface area contributed by atoms with Crippen molar-refractivity contribution in [3.05, 3.63) is 95.1 Å². The summed E-state index contributed by atoms with van der Waals surface area (Å²) in [5.74, 6) is -2.46. The van der Waals surface area contributed by atoms with Crippen LogP contribution in [-0.4, -0.2) is 22.2 Å². The maximum atomic E-state index is 10.5. The van der Waals surface area contributed by atoms with Gasteiger partial charge in [0.05, 0.1) is 11.1 Å². The SMILES string of the molecule is O=C(O)c1ccccc1C(=O)O.c1ccc2c(c1)ccc1c3c(ccc12)CCCC3. The molecule has 150 valence electrons. The predicted octanol–water partition coefficient (Wildman–Crippen LogP) is 5.95. The largest absolute Gasteiger partial charge is 0.478 e. The van der Waals surface area contributed by atoms with Crippen LogP contribution in [0.25, 0.3) is 21.5 Å². The number of rotatable bonds is 2. The summed E-state index contributed by atoms with van der Waals surface area (Å²) in [7, 11) is 0. The van der Waals surface area contributed by atoms with Gasteiger partial charge in [-0.2, -0.15) is 0 Å². The van der Waals surface area contributed by atoms with E-state index in [0.717, 1.165) is 0 Å². The first-order valence-electron chi connectivity index (χ1n) is 10.0. The predicted molar refractivity (Wildman–Crippen MR) is 118 cm³/mol. The van der Waals surface area contributed by atoms with Crippen LogP contribution in [0.3, 0.4) is 0 Å². The molecule has 0 saturated carbocycles. The van der Waals surface area contributed by atoms with Crippen molar-refractivity contribution < 1.29 is 19.8 Å². The van der Waals surface area contributed by atoms with Crippen molar-refractivity contribution in [2.75, 3.05) is 0 Å². The molecule has 30 heavy (non-hydrogen) atoms. The third-order valence-corrected chi connectivity index (χ3v) is 5.65.